The fourth-order valence-corrected chi connectivity index (χ4v) is 7.21. The first kappa shape index (κ1) is 30.9. The Kier molecular flexibility index (Phi) is 10.9. The van der Waals surface area contributed by atoms with Gasteiger partial charge in [0.15, 0.2) is 0 Å². The first-order valence-corrected chi connectivity index (χ1v) is 16.6. The van der Waals surface area contributed by atoms with Crippen molar-refractivity contribution < 1.29 is 14.3 Å². The second-order valence-electron chi connectivity index (χ2n) is 11.6. The number of carbonyl (C=O) groups is 1. The van der Waals surface area contributed by atoms with E-state index in [0.717, 1.165) is 67.7 Å². The van der Waals surface area contributed by atoms with Crippen molar-refractivity contribution in [3.63, 3.8) is 0 Å². The van der Waals surface area contributed by atoms with Crippen molar-refractivity contribution in [2.24, 2.45) is 0 Å². The van der Waals surface area contributed by atoms with Gasteiger partial charge in [0.2, 0.25) is 0 Å². The Morgan fingerprint density at radius 1 is 0.953 bits per heavy atom. The molecule has 4 aromatic rings. The second kappa shape index (κ2) is 15.2. The van der Waals surface area contributed by atoms with E-state index in [4.69, 9.17) is 15.9 Å². The molecule has 0 radical (unpaired) electrons. The van der Waals surface area contributed by atoms with Crippen LogP contribution in [0.25, 0.3) is 20.5 Å². The number of piperidine rings is 1. The van der Waals surface area contributed by atoms with Crippen molar-refractivity contribution in [3.05, 3.63) is 82.9 Å². The fraction of sp³-hybridized carbons (Fsp3) is 0.395. The summed E-state index contributed by atoms with van der Waals surface area (Å²) in [5, 5.41) is 1.22. The number of esters is 1. The van der Waals surface area contributed by atoms with Crippen LogP contribution in [0.3, 0.4) is 0 Å². The molecule has 1 aliphatic heterocycles. The average Bonchev–Trinajstić information content (AvgIpc) is 3.37. The van der Waals surface area contributed by atoms with E-state index >= 15 is 0 Å². The maximum absolute atomic E-state index is 12.3. The highest BCUT2D eigenvalue weighted by Gasteiger charge is 2.18. The standard InChI is InChI=1S/C38H43NO3S/c1-4-6-8-12-37(40)42-32-18-20-33(28(3)25-32)38-35(34-19-15-29(5-2)27-36(34)43-38)26-30-13-16-31(17-14-30)41-24-11-23-39-21-9-7-10-22-39/h2,13-20,25,27H,4,6-12,21-24,26H2,1,3H3. The molecule has 0 atom stereocenters. The van der Waals surface area contributed by atoms with Gasteiger partial charge in [0.25, 0.3) is 0 Å². The van der Waals surface area contributed by atoms with Crippen LogP contribution >= 0.6 is 11.3 Å². The minimum Gasteiger partial charge on any atom is -0.494 e. The van der Waals surface area contributed by atoms with Gasteiger partial charge >= 0.3 is 5.97 Å². The van der Waals surface area contributed by atoms with Gasteiger partial charge in [-0.3, -0.25) is 4.79 Å². The Labute approximate surface area is 261 Å². The number of nitrogens with zero attached hydrogens (tertiary/aromatic N) is 1. The molecule has 1 aliphatic rings. The highest BCUT2D eigenvalue weighted by atomic mass is 32.1. The highest BCUT2D eigenvalue weighted by Crippen LogP contribution is 2.42. The summed E-state index contributed by atoms with van der Waals surface area (Å²) in [5.41, 5.74) is 5.63. The summed E-state index contributed by atoms with van der Waals surface area (Å²) in [6, 6.07) is 20.8. The Balaban J connectivity index is 1.31. The third kappa shape index (κ3) is 8.28. The number of hydrogen-bond acceptors (Lipinski definition) is 5. The predicted molar refractivity (Wildman–Crippen MR) is 179 cm³/mol. The van der Waals surface area contributed by atoms with Crippen LogP contribution < -0.4 is 9.47 Å². The minimum atomic E-state index is -0.167. The second-order valence-corrected chi connectivity index (χ2v) is 12.7. The summed E-state index contributed by atoms with van der Waals surface area (Å²) in [4.78, 5) is 16.1. The number of unbranched alkanes of at least 4 members (excludes halogenated alkanes) is 2. The quantitative estimate of drug-likeness (QED) is 0.0670. The first-order chi connectivity index (χ1) is 21.0. The molecule has 0 aliphatic carbocycles. The van der Waals surface area contributed by atoms with Crippen LogP contribution in [0.2, 0.25) is 0 Å². The lowest BCUT2D eigenvalue weighted by atomic mass is 9.96. The van der Waals surface area contributed by atoms with E-state index in [0.29, 0.717) is 12.2 Å². The zero-order valence-corrected chi connectivity index (χ0v) is 26.4. The van der Waals surface area contributed by atoms with E-state index in [1.165, 1.54) is 58.4 Å². The summed E-state index contributed by atoms with van der Waals surface area (Å²) in [7, 11) is 0. The molecule has 0 unspecified atom stereocenters. The van der Waals surface area contributed by atoms with Crippen molar-refractivity contribution in [3.8, 4) is 34.3 Å². The number of terminal acetylenes is 1. The van der Waals surface area contributed by atoms with E-state index in [2.05, 4.69) is 67.1 Å². The number of ether oxygens (including phenoxy) is 2. The molecular weight excluding hydrogens is 550 g/mol. The number of carbonyl (C=O) groups excluding carboxylic acids is 1. The number of fused-ring (bicyclic) bond motifs is 1. The molecule has 0 saturated carbocycles. The van der Waals surface area contributed by atoms with Gasteiger partial charge in [-0.15, -0.1) is 17.8 Å². The zero-order valence-electron chi connectivity index (χ0n) is 25.6. The summed E-state index contributed by atoms with van der Waals surface area (Å²) < 4.78 is 12.9. The van der Waals surface area contributed by atoms with Crippen LogP contribution in [0.15, 0.2) is 60.7 Å². The molecule has 0 spiro atoms. The van der Waals surface area contributed by atoms with Gasteiger partial charge in [-0.1, -0.05) is 50.3 Å². The largest absolute Gasteiger partial charge is 0.494 e. The smallest absolute Gasteiger partial charge is 0.311 e. The SMILES string of the molecule is C#Cc1ccc2c(Cc3ccc(OCCCN4CCCCC4)cc3)c(-c3ccc(OC(=O)CCCCC)cc3C)sc2c1. The summed E-state index contributed by atoms with van der Waals surface area (Å²) >= 11 is 1.77. The van der Waals surface area contributed by atoms with Gasteiger partial charge < -0.3 is 14.4 Å². The van der Waals surface area contributed by atoms with Crippen LogP contribution in [0.4, 0.5) is 0 Å². The van der Waals surface area contributed by atoms with Crippen molar-refractivity contribution in [2.45, 2.75) is 71.6 Å². The summed E-state index contributed by atoms with van der Waals surface area (Å²) in [5.74, 6) is 4.14. The number of rotatable bonds is 13. The van der Waals surface area contributed by atoms with Crippen LogP contribution in [0, 0.1) is 19.3 Å². The number of benzene rings is 3. The topological polar surface area (TPSA) is 38.8 Å². The molecule has 0 N–H and O–H groups in total. The number of likely N-dealkylation sites (tertiary alicyclic amines) is 1. The number of thiophene rings is 1. The molecule has 3 aromatic carbocycles. The maximum Gasteiger partial charge on any atom is 0.311 e. The fourth-order valence-electron chi connectivity index (χ4n) is 5.86. The van der Waals surface area contributed by atoms with Gasteiger partial charge in [0.1, 0.15) is 11.5 Å². The molecule has 2 heterocycles. The number of aryl methyl sites for hydroxylation is 1. The normalized spacial score (nSPS) is 13.6. The molecule has 5 rings (SSSR count). The van der Waals surface area contributed by atoms with E-state index in [-0.39, 0.29) is 5.97 Å². The van der Waals surface area contributed by atoms with E-state index < -0.39 is 0 Å². The first-order valence-electron chi connectivity index (χ1n) is 15.8. The predicted octanol–water partition coefficient (Wildman–Crippen LogP) is 9.19. The van der Waals surface area contributed by atoms with E-state index in [1.807, 2.05) is 18.2 Å². The van der Waals surface area contributed by atoms with Crippen molar-refractivity contribution in [1.29, 1.82) is 0 Å². The molecule has 0 amide bonds. The molecule has 43 heavy (non-hydrogen) atoms. The third-order valence-corrected chi connectivity index (χ3v) is 9.49. The number of hydrogen-bond donors (Lipinski definition) is 0. The van der Waals surface area contributed by atoms with Gasteiger partial charge in [-0.05, 0) is 122 Å². The lowest BCUT2D eigenvalue weighted by molar-refractivity contribution is -0.134. The minimum absolute atomic E-state index is 0.167. The van der Waals surface area contributed by atoms with Crippen molar-refractivity contribution >= 4 is 27.4 Å². The molecular formula is C38H43NO3S. The monoisotopic (exact) mass is 593 g/mol. The van der Waals surface area contributed by atoms with E-state index in [9.17, 15) is 4.79 Å². The van der Waals surface area contributed by atoms with Gasteiger partial charge in [0.05, 0.1) is 6.61 Å². The average molecular weight is 594 g/mol. The molecule has 5 heteroatoms. The van der Waals surface area contributed by atoms with Crippen LogP contribution in [-0.4, -0.2) is 37.1 Å². The van der Waals surface area contributed by atoms with Gasteiger partial charge in [0, 0.05) is 28.1 Å². The van der Waals surface area contributed by atoms with Gasteiger partial charge in [-0.2, -0.15) is 0 Å². The summed E-state index contributed by atoms with van der Waals surface area (Å²) in [6.07, 6.45) is 15.1. The molecule has 1 saturated heterocycles. The Morgan fingerprint density at radius 3 is 2.49 bits per heavy atom. The lowest BCUT2D eigenvalue weighted by Gasteiger charge is -2.26. The Bertz CT molecular complexity index is 1560. The van der Waals surface area contributed by atoms with Crippen molar-refractivity contribution in [2.75, 3.05) is 26.2 Å². The summed E-state index contributed by atoms with van der Waals surface area (Å²) in [6.45, 7) is 8.54. The third-order valence-electron chi connectivity index (χ3n) is 8.26. The molecule has 1 fully saturated rings. The Hall–Kier alpha value is -3.59. The van der Waals surface area contributed by atoms with Crippen LogP contribution in [0.1, 0.15) is 80.5 Å². The molecule has 224 valence electrons. The molecule has 4 nitrogen and oxygen atoms in total. The van der Waals surface area contributed by atoms with Crippen LogP contribution in [-0.2, 0) is 11.2 Å². The van der Waals surface area contributed by atoms with Crippen LogP contribution in [0.5, 0.6) is 11.5 Å². The van der Waals surface area contributed by atoms with Crippen molar-refractivity contribution in [1.82, 2.24) is 4.90 Å². The van der Waals surface area contributed by atoms with Gasteiger partial charge in [-0.25, -0.2) is 0 Å². The lowest BCUT2D eigenvalue weighted by Crippen LogP contribution is -2.31. The maximum atomic E-state index is 12.3. The van der Waals surface area contributed by atoms with E-state index in [1.54, 1.807) is 11.3 Å². The molecule has 1 aromatic heterocycles. The Morgan fingerprint density at radius 2 is 1.74 bits per heavy atom. The highest BCUT2D eigenvalue weighted by molar-refractivity contribution is 7.22. The zero-order chi connectivity index (χ0) is 30.0. The molecule has 0 bridgehead atoms.